The van der Waals surface area contributed by atoms with Gasteiger partial charge in [0.25, 0.3) is 0 Å². The largest absolute Gasteiger partial charge is 0.481 e. The molecule has 1 aliphatic rings. The Bertz CT molecular complexity index is 396. The molecule has 0 bridgehead atoms. The molecule has 3 amide bonds. The molecule has 0 aliphatic carbocycles. The minimum atomic E-state index is -0.746. The SMILES string of the molecule is CCCC1(C(=O)O)CCCN(CCC(=O)NC(=O)NC)C1. The molecule has 21 heavy (non-hydrogen) atoms. The normalized spacial score (nSPS) is 22.6. The van der Waals surface area contributed by atoms with E-state index >= 15 is 0 Å². The Kier molecular flexibility index (Phi) is 6.61. The molecule has 1 heterocycles. The first-order valence-electron chi connectivity index (χ1n) is 7.41. The fourth-order valence-corrected chi connectivity index (χ4v) is 2.89. The number of urea groups is 1. The van der Waals surface area contributed by atoms with Crippen LogP contribution in [0.15, 0.2) is 0 Å². The van der Waals surface area contributed by atoms with Crippen molar-refractivity contribution >= 4 is 17.9 Å². The van der Waals surface area contributed by atoms with Crippen LogP contribution in [0.25, 0.3) is 0 Å². The number of carboxylic acid groups (broad SMARTS) is 1. The summed E-state index contributed by atoms with van der Waals surface area (Å²) in [6, 6.07) is -0.524. The van der Waals surface area contributed by atoms with Gasteiger partial charge in [-0.05, 0) is 25.8 Å². The maximum Gasteiger partial charge on any atom is 0.321 e. The summed E-state index contributed by atoms with van der Waals surface area (Å²) in [6.45, 7) is 3.73. The number of imide groups is 1. The van der Waals surface area contributed by atoms with Crippen LogP contribution < -0.4 is 10.6 Å². The average Bonchev–Trinajstić information content (AvgIpc) is 2.45. The van der Waals surface area contributed by atoms with Crippen molar-refractivity contribution in [2.45, 2.75) is 39.0 Å². The number of carbonyl (C=O) groups excluding carboxylic acids is 2. The van der Waals surface area contributed by atoms with Gasteiger partial charge in [0.05, 0.1) is 5.41 Å². The highest BCUT2D eigenvalue weighted by Crippen LogP contribution is 2.35. The number of nitrogens with zero attached hydrogens (tertiary/aromatic N) is 1. The van der Waals surface area contributed by atoms with E-state index in [4.69, 9.17) is 0 Å². The summed E-state index contributed by atoms with van der Waals surface area (Å²) >= 11 is 0. The summed E-state index contributed by atoms with van der Waals surface area (Å²) < 4.78 is 0. The highest BCUT2D eigenvalue weighted by molar-refractivity contribution is 5.94. The number of hydrogen-bond donors (Lipinski definition) is 3. The fraction of sp³-hybridized carbons (Fsp3) is 0.786. The summed E-state index contributed by atoms with van der Waals surface area (Å²) in [5.74, 6) is -1.10. The van der Waals surface area contributed by atoms with Crippen molar-refractivity contribution in [3.8, 4) is 0 Å². The van der Waals surface area contributed by atoms with Gasteiger partial charge in [0.15, 0.2) is 0 Å². The van der Waals surface area contributed by atoms with Crippen LogP contribution in [-0.4, -0.2) is 54.6 Å². The highest BCUT2D eigenvalue weighted by Gasteiger charge is 2.41. The van der Waals surface area contributed by atoms with Crippen LogP contribution in [0.5, 0.6) is 0 Å². The molecule has 1 fully saturated rings. The van der Waals surface area contributed by atoms with Gasteiger partial charge in [0.1, 0.15) is 0 Å². The Balaban J connectivity index is 2.51. The summed E-state index contributed by atoms with van der Waals surface area (Å²) in [6.07, 6.45) is 3.19. The maximum atomic E-state index is 11.6. The molecule has 1 aliphatic heterocycles. The highest BCUT2D eigenvalue weighted by atomic mass is 16.4. The number of carboxylic acids is 1. The van der Waals surface area contributed by atoms with E-state index in [1.165, 1.54) is 7.05 Å². The molecule has 0 saturated carbocycles. The summed E-state index contributed by atoms with van der Waals surface area (Å²) in [5, 5.41) is 14.0. The number of aliphatic carboxylic acids is 1. The molecule has 1 atom stereocenters. The first-order valence-corrected chi connectivity index (χ1v) is 7.41. The third kappa shape index (κ3) is 5.00. The lowest BCUT2D eigenvalue weighted by molar-refractivity contribution is -0.153. The van der Waals surface area contributed by atoms with E-state index in [1.807, 2.05) is 11.8 Å². The Morgan fingerprint density at radius 3 is 2.62 bits per heavy atom. The Hall–Kier alpha value is -1.63. The molecule has 1 rings (SSSR count). The molecular weight excluding hydrogens is 274 g/mol. The number of rotatable bonds is 6. The lowest BCUT2D eigenvalue weighted by Crippen LogP contribution is -2.48. The molecule has 0 aromatic carbocycles. The zero-order valence-corrected chi connectivity index (χ0v) is 12.8. The van der Waals surface area contributed by atoms with Crippen LogP contribution in [0.2, 0.25) is 0 Å². The molecule has 7 nitrogen and oxygen atoms in total. The smallest absolute Gasteiger partial charge is 0.321 e. The molecule has 0 radical (unpaired) electrons. The van der Waals surface area contributed by atoms with Gasteiger partial charge in [-0.25, -0.2) is 4.79 Å². The van der Waals surface area contributed by atoms with Crippen LogP contribution in [-0.2, 0) is 9.59 Å². The van der Waals surface area contributed by atoms with E-state index in [2.05, 4.69) is 10.6 Å². The molecule has 1 saturated heterocycles. The van der Waals surface area contributed by atoms with Crippen molar-refractivity contribution < 1.29 is 19.5 Å². The molecule has 1 unspecified atom stereocenters. The minimum Gasteiger partial charge on any atom is -0.481 e. The number of nitrogens with one attached hydrogen (secondary N) is 2. The third-order valence-electron chi connectivity index (χ3n) is 3.97. The maximum absolute atomic E-state index is 11.6. The Morgan fingerprint density at radius 1 is 1.33 bits per heavy atom. The second kappa shape index (κ2) is 7.97. The first kappa shape index (κ1) is 17.4. The van der Waals surface area contributed by atoms with E-state index in [0.29, 0.717) is 25.9 Å². The Morgan fingerprint density at radius 2 is 2.05 bits per heavy atom. The van der Waals surface area contributed by atoms with E-state index < -0.39 is 17.4 Å². The van der Waals surface area contributed by atoms with Gasteiger partial charge in [-0.3, -0.25) is 14.9 Å². The summed E-state index contributed by atoms with van der Waals surface area (Å²) in [5.41, 5.74) is -0.690. The lowest BCUT2D eigenvalue weighted by atomic mass is 9.76. The molecule has 120 valence electrons. The third-order valence-corrected chi connectivity index (χ3v) is 3.97. The fourth-order valence-electron chi connectivity index (χ4n) is 2.89. The molecule has 7 heteroatoms. The van der Waals surface area contributed by atoms with Gasteiger partial charge in [-0.2, -0.15) is 0 Å². The molecule has 0 spiro atoms. The van der Waals surface area contributed by atoms with Gasteiger partial charge in [-0.15, -0.1) is 0 Å². The number of likely N-dealkylation sites (tertiary alicyclic amines) is 1. The van der Waals surface area contributed by atoms with Crippen molar-refractivity contribution in [1.82, 2.24) is 15.5 Å². The monoisotopic (exact) mass is 299 g/mol. The molecule has 0 aromatic rings. The van der Waals surface area contributed by atoms with E-state index in [9.17, 15) is 19.5 Å². The van der Waals surface area contributed by atoms with Gasteiger partial charge in [-0.1, -0.05) is 13.3 Å². The second-order valence-corrected chi connectivity index (χ2v) is 5.59. The van der Waals surface area contributed by atoms with Gasteiger partial charge in [0, 0.05) is 26.6 Å². The van der Waals surface area contributed by atoms with Crippen LogP contribution in [0, 0.1) is 5.41 Å². The second-order valence-electron chi connectivity index (χ2n) is 5.59. The quantitative estimate of drug-likeness (QED) is 0.674. The number of hydrogen-bond acceptors (Lipinski definition) is 4. The first-order chi connectivity index (χ1) is 9.93. The zero-order valence-electron chi connectivity index (χ0n) is 12.8. The summed E-state index contributed by atoms with van der Waals surface area (Å²) in [7, 11) is 1.44. The summed E-state index contributed by atoms with van der Waals surface area (Å²) in [4.78, 5) is 36.2. The van der Waals surface area contributed by atoms with Crippen molar-refractivity contribution in [2.75, 3.05) is 26.7 Å². The number of carbonyl (C=O) groups is 3. The Labute approximate surface area is 125 Å². The van der Waals surface area contributed by atoms with Crippen LogP contribution in [0.4, 0.5) is 4.79 Å². The average molecular weight is 299 g/mol. The predicted octanol–water partition coefficient (Wildman–Crippen LogP) is 0.799. The minimum absolute atomic E-state index is 0.190. The number of amides is 3. The standard InChI is InChI=1S/C14H25N3O4/c1-3-6-14(12(19)20)7-4-8-17(10-14)9-5-11(18)16-13(21)15-2/h3-10H2,1-2H3,(H,19,20)(H2,15,16,18,21). The lowest BCUT2D eigenvalue weighted by Gasteiger charge is -2.39. The molecule has 3 N–H and O–H groups in total. The van der Waals surface area contributed by atoms with Crippen molar-refractivity contribution in [1.29, 1.82) is 0 Å². The van der Waals surface area contributed by atoms with Crippen LogP contribution in [0.3, 0.4) is 0 Å². The van der Waals surface area contributed by atoms with Crippen molar-refractivity contribution in [3.05, 3.63) is 0 Å². The topological polar surface area (TPSA) is 98.7 Å². The van der Waals surface area contributed by atoms with Gasteiger partial charge < -0.3 is 15.3 Å². The van der Waals surface area contributed by atoms with E-state index in [-0.39, 0.29) is 12.3 Å². The van der Waals surface area contributed by atoms with Gasteiger partial charge in [0.2, 0.25) is 5.91 Å². The van der Waals surface area contributed by atoms with Crippen molar-refractivity contribution in [2.24, 2.45) is 5.41 Å². The predicted molar refractivity (Wildman–Crippen MR) is 77.9 cm³/mol. The van der Waals surface area contributed by atoms with E-state index in [0.717, 1.165) is 19.4 Å². The molecular formula is C14H25N3O4. The van der Waals surface area contributed by atoms with Crippen LogP contribution >= 0.6 is 0 Å². The number of piperidine rings is 1. The van der Waals surface area contributed by atoms with Gasteiger partial charge >= 0.3 is 12.0 Å². The molecule has 0 aromatic heterocycles. The zero-order chi connectivity index (χ0) is 15.9. The van der Waals surface area contributed by atoms with Crippen LogP contribution in [0.1, 0.15) is 39.0 Å². The van der Waals surface area contributed by atoms with E-state index in [1.54, 1.807) is 0 Å². The van der Waals surface area contributed by atoms with Crippen molar-refractivity contribution in [3.63, 3.8) is 0 Å².